The Kier molecular flexibility index (Phi) is 1.29. The maximum absolute atomic E-state index is 5.55. The summed E-state index contributed by atoms with van der Waals surface area (Å²) in [7, 11) is 0. The molecule has 0 bridgehead atoms. The van der Waals surface area contributed by atoms with E-state index in [1.165, 1.54) is 25.9 Å². The van der Waals surface area contributed by atoms with Crippen LogP contribution in [0.2, 0.25) is 0 Å². The smallest absolute Gasteiger partial charge is 0.0190 e. The van der Waals surface area contributed by atoms with Crippen molar-refractivity contribution < 1.29 is 0 Å². The zero-order valence-electron chi connectivity index (χ0n) is 6.64. The fourth-order valence-electron chi connectivity index (χ4n) is 1.77. The zero-order valence-corrected chi connectivity index (χ0v) is 6.64. The first-order valence-electron chi connectivity index (χ1n) is 4.20. The molecule has 2 aliphatic rings. The van der Waals surface area contributed by atoms with E-state index in [0.29, 0.717) is 6.04 Å². The van der Waals surface area contributed by atoms with Gasteiger partial charge in [0.25, 0.3) is 0 Å². The molecule has 2 nitrogen and oxygen atoms in total. The van der Waals surface area contributed by atoms with Crippen LogP contribution in [0.15, 0.2) is 0 Å². The lowest BCUT2D eigenvalue weighted by Gasteiger charge is -2.43. The van der Waals surface area contributed by atoms with E-state index in [4.69, 9.17) is 5.73 Å². The minimum atomic E-state index is 0.617. The lowest BCUT2D eigenvalue weighted by Crippen LogP contribution is -2.54. The topological polar surface area (TPSA) is 29.3 Å². The molecule has 1 atom stereocenters. The van der Waals surface area contributed by atoms with Crippen LogP contribution in [0.4, 0.5) is 0 Å². The second-order valence-electron chi connectivity index (χ2n) is 3.99. The van der Waals surface area contributed by atoms with Gasteiger partial charge in [0.1, 0.15) is 0 Å². The third kappa shape index (κ3) is 0.867. The maximum Gasteiger partial charge on any atom is 0.0190 e. The van der Waals surface area contributed by atoms with Crippen molar-refractivity contribution in [2.75, 3.05) is 19.6 Å². The van der Waals surface area contributed by atoms with Crippen molar-refractivity contribution in [1.29, 1.82) is 0 Å². The number of hydrogen-bond donors (Lipinski definition) is 1. The molecule has 0 amide bonds. The van der Waals surface area contributed by atoms with E-state index in [-0.39, 0.29) is 0 Å². The molecule has 1 heterocycles. The number of nitrogens with two attached hydrogens (primary N) is 1. The molecule has 1 unspecified atom stereocenters. The standard InChI is InChI=1S/C8H16N2/c1-7(4-9)10-5-8(6-10)2-3-8/h7H,2-6,9H2,1H3. The highest BCUT2D eigenvalue weighted by atomic mass is 15.2. The fourth-order valence-corrected chi connectivity index (χ4v) is 1.77. The van der Waals surface area contributed by atoms with Gasteiger partial charge < -0.3 is 5.73 Å². The Labute approximate surface area is 62.4 Å². The van der Waals surface area contributed by atoms with E-state index >= 15 is 0 Å². The van der Waals surface area contributed by atoms with Crippen molar-refractivity contribution >= 4 is 0 Å². The Morgan fingerprint density at radius 3 is 2.50 bits per heavy atom. The summed E-state index contributed by atoms with van der Waals surface area (Å²) in [6.07, 6.45) is 2.95. The van der Waals surface area contributed by atoms with Gasteiger partial charge in [0.2, 0.25) is 0 Å². The highest BCUT2D eigenvalue weighted by Crippen LogP contribution is 2.53. The van der Waals surface area contributed by atoms with Crippen LogP contribution in [0.25, 0.3) is 0 Å². The summed E-state index contributed by atoms with van der Waals surface area (Å²) >= 11 is 0. The molecular weight excluding hydrogens is 124 g/mol. The van der Waals surface area contributed by atoms with Gasteiger partial charge in [0, 0.05) is 25.7 Å². The molecule has 2 rings (SSSR count). The SMILES string of the molecule is CC(CN)N1CC2(CC2)C1. The molecule has 2 heteroatoms. The van der Waals surface area contributed by atoms with Crippen LogP contribution in [0.5, 0.6) is 0 Å². The summed E-state index contributed by atoms with van der Waals surface area (Å²) in [5, 5.41) is 0. The van der Waals surface area contributed by atoms with Gasteiger partial charge in [-0.25, -0.2) is 0 Å². The van der Waals surface area contributed by atoms with Crippen molar-refractivity contribution in [2.45, 2.75) is 25.8 Å². The Balaban J connectivity index is 1.79. The van der Waals surface area contributed by atoms with Gasteiger partial charge in [-0.05, 0) is 25.2 Å². The predicted octanol–water partition coefficient (Wildman–Crippen LogP) is 0.429. The van der Waals surface area contributed by atoms with Gasteiger partial charge in [-0.1, -0.05) is 0 Å². The van der Waals surface area contributed by atoms with E-state index in [1.807, 2.05) is 0 Å². The molecule has 58 valence electrons. The van der Waals surface area contributed by atoms with Crippen LogP contribution in [-0.4, -0.2) is 30.6 Å². The molecule has 1 saturated carbocycles. The summed E-state index contributed by atoms with van der Waals surface area (Å²) in [4.78, 5) is 2.49. The molecule has 10 heavy (non-hydrogen) atoms. The highest BCUT2D eigenvalue weighted by molar-refractivity contribution is 5.06. The Morgan fingerprint density at radius 2 is 2.10 bits per heavy atom. The number of likely N-dealkylation sites (tertiary alicyclic amines) is 1. The molecule has 1 spiro atoms. The molecule has 0 aromatic carbocycles. The summed E-state index contributed by atoms with van der Waals surface area (Å²) < 4.78 is 0. The summed E-state index contributed by atoms with van der Waals surface area (Å²) in [6.45, 7) is 5.68. The monoisotopic (exact) mass is 140 g/mol. The number of rotatable bonds is 2. The van der Waals surface area contributed by atoms with Crippen molar-refractivity contribution in [3.05, 3.63) is 0 Å². The fraction of sp³-hybridized carbons (Fsp3) is 1.00. The van der Waals surface area contributed by atoms with Crippen LogP contribution < -0.4 is 5.73 Å². The normalized spacial score (nSPS) is 31.8. The molecule has 0 aromatic rings. The lowest BCUT2D eigenvalue weighted by molar-refractivity contribution is 0.0469. The summed E-state index contributed by atoms with van der Waals surface area (Å²) in [5.74, 6) is 0. The van der Waals surface area contributed by atoms with E-state index in [0.717, 1.165) is 12.0 Å². The second kappa shape index (κ2) is 1.95. The minimum absolute atomic E-state index is 0.617. The van der Waals surface area contributed by atoms with Gasteiger partial charge in [-0.15, -0.1) is 0 Å². The highest BCUT2D eigenvalue weighted by Gasteiger charge is 2.52. The average Bonchev–Trinajstić information content (AvgIpc) is 2.61. The Hall–Kier alpha value is -0.0800. The second-order valence-corrected chi connectivity index (χ2v) is 3.99. The van der Waals surface area contributed by atoms with Crippen LogP contribution >= 0.6 is 0 Å². The van der Waals surface area contributed by atoms with Gasteiger partial charge in [0.05, 0.1) is 0 Å². The van der Waals surface area contributed by atoms with Gasteiger partial charge in [0.15, 0.2) is 0 Å². The number of hydrogen-bond acceptors (Lipinski definition) is 2. The van der Waals surface area contributed by atoms with Gasteiger partial charge >= 0.3 is 0 Å². The first kappa shape index (κ1) is 6.62. The van der Waals surface area contributed by atoms with Crippen molar-refractivity contribution in [3.8, 4) is 0 Å². The lowest BCUT2D eigenvalue weighted by atomic mass is 9.95. The molecule has 0 radical (unpaired) electrons. The first-order valence-corrected chi connectivity index (χ1v) is 4.20. The molecule has 1 aliphatic heterocycles. The summed E-state index contributed by atoms with van der Waals surface area (Å²) in [6, 6.07) is 0.617. The van der Waals surface area contributed by atoms with Crippen LogP contribution in [0.1, 0.15) is 19.8 Å². The van der Waals surface area contributed by atoms with Crippen molar-refractivity contribution in [3.63, 3.8) is 0 Å². The van der Waals surface area contributed by atoms with E-state index in [9.17, 15) is 0 Å². The number of nitrogens with zero attached hydrogens (tertiary/aromatic N) is 1. The third-order valence-corrected chi connectivity index (χ3v) is 3.00. The van der Waals surface area contributed by atoms with Crippen molar-refractivity contribution in [1.82, 2.24) is 4.90 Å². The molecule has 0 aromatic heterocycles. The van der Waals surface area contributed by atoms with Crippen molar-refractivity contribution in [2.24, 2.45) is 11.1 Å². The van der Waals surface area contributed by atoms with Crippen LogP contribution in [0.3, 0.4) is 0 Å². The van der Waals surface area contributed by atoms with Gasteiger partial charge in [-0.3, -0.25) is 4.90 Å². The quantitative estimate of drug-likeness (QED) is 0.602. The van der Waals surface area contributed by atoms with E-state index in [2.05, 4.69) is 11.8 Å². The van der Waals surface area contributed by atoms with E-state index in [1.54, 1.807) is 0 Å². The average molecular weight is 140 g/mol. The van der Waals surface area contributed by atoms with Gasteiger partial charge in [-0.2, -0.15) is 0 Å². The Bertz CT molecular complexity index is 132. The summed E-state index contributed by atoms with van der Waals surface area (Å²) in [5.41, 5.74) is 6.34. The minimum Gasteiger partial charge on any atom is -0.329 e. The molecule has 2 N–H and O–H groups in total. The third-order valence-electron chi connectivity index (χ3n) is 3.00. The molecule has 1 saturated heterocycles. The maximum atomic E-state index is 5.55. The Morgan fingerprint density at radius 1 is 1.50 bits per heavy atom. The van der Waals surface area contributed by atoms with Crippen LogP contribution in [0, 0.1) is 5.41 Å². The van der Waals surface area contributed by atoms with Crippen LogP contribution in [-0.2, 0) is 0 Å². The molecule has 2 fully saturated rings. The van der Waals surface area contributed by atoms with E-state index < -0.39 is 0 Å². The predicted molar refractivity (Wildman–Crippen MR) is 41.8 cm³/mol. The molecular formula is C8H16N2. The first-order chi connectivity index (χ1) is 4.76. The molecule has 1 aliphatic carbocycles. The zero-order chi connectivity index (χ0) is 7.19. The largest absolute Gasteiger partial charge is 0.329 e.